The molecule has 0 bridgehead atoms. The van der Waals surface area contributed by atoms with Crippen LogP contribution >= 0.6 is 0 Å². The molecule has 0 N–H and O–H groups in total. The van der Waals surface area contributed by atoms with Gasteiger partial charge < -0.3 is 0 Å². The summed E-state index contributed by atoms with van der Waals surface area (Å²) in [6.45, 7) is 0. The minimum Gasteiger partial charge on any atom is -0.248 e. The zero-order chi connectivity index (χ0) is 31.9. The topological polar surface area (TPSA) is 12.9 Å². The van der Waals surface area contributed by atoms with Crippen molar-refractivity contribution in [2.75, 3.05) is 0 Å². The quantitative estimate of drug-likeness (QED) is 0.177. The lowest BCUT2D eigenvalue weighted by molar-refractivity contribution is 1.32. The monoisotopic (exact) mass is 609 g/mol. The van der Waals surface area contributed by atoms with Gasteiger partial charge in [-0.25, -0.2) is 4.98 Å². The molecule has 0 saturated carbocycles. The molecule has 224 valence electrons. The first-order valence-corrected chi connectivity index (χ1v) is 16.5. The normalized spacial score (nSPS) is 11.3. The van der Waals surface area contributed by atoms with E-state index in [0.717, 1.165) is 33.6 Å². The summed E-state index contributed by atoms with van der Waals surface area (Å²) < 4.78 is 0. The number of benzene rings is 8. The van der Waals surface area contributed by atoms with Gasteiger partial charge in [0, 0.05) is 11.1 Å². The maximum atomic E-state index is 5.25. The van der Waals surface area contributed by atoms with Crippen molar-refractivity contribution in [1.82, 2.24) is 4.98 Å². The van der Waals surface area contributed by atoms with Crippen molar-refractivity contribution >= 4 is 32.3 Å². The zero-order valence-electron chi connectivity index (χ0n) is 26.3. The van der Waals surface area contributed by atoms with Crippen LogP contribution in [0.25, 0.3) is 88.2 Å². The molecule has 48 heavy (non-hydrogen) atoms. The molecule has 1 heteroatoms. The molecule has 0 aliphatic carbocycles. The van der Waals surface area contributed by atoms with Gasteiger partial charge in [0.2, 0.25) is 0 Å². The number of hydrogen-bond donors (Lipinski definition) is 0. The second kappa shape index (κ2) is 11.8. The maximum absolute atomic E-state index is 5.25. The van der Waals surface area contributed by atoms with Gasteiger partial charge in [0.05, 0.1) is 11.4 Å². The smallest absolute Gasteiger partial charge is 0.0721 e. The van der Waals surface area contributed by atoms with Gasteiger partial charge in [0.15, 0.2) is 0 Å². The standard InChI is InChI=1S/C47H31N/c1-3-14-32(15-4-1)37-30-46(33-16-5-2-6-17-33)48-47(31-37)44-25-12-7-20-38(44)36-19-13-18-34(28-36)35-26-27-43-41-23-9-8-21-39(41)40-22-10-11-24-42(40)45(43)29-35/h1-31H. The van der Waals surface area contributed by atoms with Crippen LogP contribution in [-0.2, 0) is 0 Å². The van der Waals surface area contributed by atoms with Crippen molar-refractivity contribution in [1.29, 1.82) is 0 Å². The average molecular weight is 610 g/mol. The maximum Gasteiger partial charge on any atom is 0.0721 e. The Hall–Kier alpha value is -6.31. The Morgan fingerprint density at radius 1 is 0.229 bits per heavy atom. The highest BCUT2D eigenvalue weighted by Gasteiger charge is 2.14. The third-order valence-corrected chi connectivity index (χ3v) is 9.46. The molecule has 0 atom stereocenters. The van der Waals surface area contributed by atoms with Crippen LogP contribution in [0.3, 0.4) is 0 Å². The Morgan fingerprint density at radius 3 is 1.40 bits per heavy atom. The molecule has 9 aromatic rings. The summed E-state index contributed by atoms with van der Waals surface area (Å²) in [5.41, 5.74) is 11.2. The van der Waals surface area contributed by atoms with E-state index in [1.807, 2.05) is 6.07 Å². The summed E-state index contributed by atoms with van der Waals surface area (Å²) in [7, 11) is 0. The fourth-order valence-corrected chi connectivity index (χ4v) is 7.13. The zero-order valence-corrected chi connectivity index (χ0v) is 26.3. The third kappa shape index (κ3) is 4.94. The van der Waals surface area contributed by atoms with Crippen LogP contribution in [0.15, 0.2) is 188 Å². The molecule has 0 saturated heterocycles. The Balaban J connectivity index is 1.19. The highest BCUT2D eigenvalue weighted by Crippen LogP contribution is 2.39. The van der Waals surface area contributed by atoms with Crippen LogP contribution in [0.1, 0.15) is 0 Å². The Morgan fingerprint density at radius 2 is 0.708 bits per heavy atom. The molecule has 0 spiro atoms. The number of pyridine rings is 1. The number of aromatic nitrogens is 1. The molecule has 0 aliphatic heterocycles. The van der Waals surface area contributed by atoms with E-state index in [0.29, 0.717) is 0 Å². The van der Waals surface area contributed by atoms with E-state index < -0.39 is 0 Å². The van der Waals surface area contributed by atoms with Gasteiger partial charge in [0.1, 0.15) is 0 Å². The van der Waals surface area contributed by atoms with Crippen LogP contribution < -0.4 is 0 Å². The van der Waals surface area contributed by atoms with Crippen molar-refractivity contribution in [2.24, 2.45) is 0 Å². The average Bonchev–Trinajstić information content (AvgIpc) is 3.18. The third-order valence-electron chi connectivity index (χ3n) is 9.46. The molecule has 8 aromatic carbocycles. The van der Waals surface area contributed by atoms with Crippen LogP contribution in [0.4, 0.5) is 0 Å². The molecule has 0 amide bonds. The van der Waals surface area contributed by atoms with Gasteiger partial charge in [-0.3, -0.25) is 0 Å². The number of nitrogens with zero attached hydrogens (tertiary/aromatic N) is 1. The highest BCUT2D eigenvalue weighted by atomic mass is 14.7. The van der Waals surface area contributed by atoms with Gasteiger partial charge in [-0.05, 0) is 90.0 Å². The molecular formula is C47H31N. The summed E-state index contributed by atoms with van der Waals surface area (Å²) in [6.07, 6.45) is 0. The molecule has 0 radical (unpaired) electrons. The molecule has 1 heterocycles. The minimum absolute atomic E-state index is 0.959. The summed E-state index contributed by atoms with van der Waals surface area (Å²) in [5, 5.41) is 7.73. The van der Waals surface area contributed by atoms with Gasteiger partial charge in [-0.2, -0.15) is 0 Å². The largest absolute Gasteiger partial charge is 0.248 e. The first-order chi connectivity index (χ1) is 23.8. The second-order valence-electron chi connectivity index (χ2n) is 12.3. The van der Waals surface area contributed by atoms with Crippen molar-refractivity contribution in [3.63, 3.8) is 0 Å². The highest BCUT2D eigenvalue weighted by molar-refractivity contribution is 6.25. The van der Waals surface area contributed by atoms with E-state index in [2.05, 4.69) is 182 Å². The molecule has 0 unspecified atom stereocenters. The fourth-order valence-electron chi connectivity index (χ4n) is 7.13. The molecular weight excluding hydrogens is 579 g/mol. The lowest BCUT2D eigenvalue weighted by Crippen LogP contribution is -1.93. The van der Waals surface area contributed by atoms with E-state index in [-0.39, 0.29) is 0 Å². The van der Waals surface area contributed by atoms with Gasteiger partial charge >= 0.3 is 0 Å². The fraction of sp³-hybridized carbons (Fsp3) is 0. The predicted molar refractivity (Wildman–Crippen MR) is 204 cm³/mol. The van der Waals surface area contributed by atoms with E-state index in [1.54, 1.807) is 0 Å². The summed E-state index contributed by atoms with van der Waals surface area (Å²) in [5.74, 6) is 0. The van der Waals surface area contributed by atoms with Gasteiger partial charge in [0.25, 0.3) is 0 Å². The van der Waals surface area contributed by atoms with Crippen molar-refractivity contribution in [3.8, 4) is 55.9 Å². The summed E-state index contributed by atoms with van der Waals surface area (Å²) in [6, 6.07) is 67.5. The van der Waals surface area contributed by atoms with Crippen LogP contribution in [0.2, 0.25) is 0 Å². The second-order valence-corrected chi connectivity index (χ2v) is 12.3. The minimum atomic E-state index is 0.959. The lowest BCUT2D eigenvalue weighted by atomic mass is 9.90. The van der Waals surface area contributed by atoms with E-state index in [4.69, 9.17) is 4.98 Å². The molecule has 9 rings (SSSR count). The predicted octanol–water partition coefficient (Wildman–Crippen LogP) is 12.9. The van der Waals surface area contributed by atoms with E-state index >= 15 is 0 Å². The summed E-state index contributed by atoms with van der Waals surface area (Å²) >= 11 is 0. The van der Waals surface area contributed by atoms with Crippen molar-refractivity contribution in [3.05, 3.63) is 188 Å². The van der Waals surface area contributed by atoms with E-state index in [9.17, 15) is 0 Å². The number of fused-ring (bicyclic) bond motifs is 6. The summed E-state index contributed by atoms with van der Waals surface area (Å²) in [4.78, 5) is 5.25. The van der Waals surface area contributed by atoms with Crippen molar-refractivity contribution in [2.45, 2.75) is 0 Å². The Bertz CT molecular complexity index is 2510. The number of rotatable bonds is 5. The van der Waals surface area contributed by atoms with Gasteiger partial charge in [-0.15, -0.1) is 0 Å². The SMILES string of the molecule is c1ccc(-c2cc(-c3ccccc3)nc(-c3ccccc3-c3cccc(-c4ccc5c6ccccc6c6ccccc6c5c4)c3)c2)cc1. The van der Waals surface area contributed by atoms with Crippen LogP contribution in [-0.4, -0.2) is 4.98 Å². The number of hydrogen-bond acceptors (Lipinski definition) is 1. The van der Waals surface area contributed by atoms with Crippen LogP contribution in [0.5, 0.6) is 0 Å². The molecule has 1 aromatic heterocycles. The lowest BCUT2D eigenvalue weighted by Gasteiger charge is -2.15. The first kappa shape index (κ1) is 28.0. The first-order valence-electron chi connectivity index (χ1n) is 16.5. The Kier molecular flexibility index (Phi) is 6.87. The Labute approximate surface area is 280 Å². The molecule has 0 aliphatic rings. The van der Waals surface area contributed by atoms with Gasteiger partial charge in [-0.1, -0.05) is 164 Å². The molecule has 0 fully saturated rings. The van der Waals surface area contributed by atoms with Crippen molar-refractivity contribution < 1.29 is 0 Å². The molecule has 1 nitrogen and oxygen atoms in total. The van der Waals surface area contributed by atoms with E-state index in [1.165, 1.54) is 54.6 Å². The van der Waals surface area contributed by atoms with Crippen LogP contribution in [0, 0.1) is 0 Å².